The summed E-state index contributed by atoms with van der Waals surface area (Å²) in [4.78, 5) is 24.5. The van der Waals surface area contributed by atoms with Gasteiger partial charge in [0.15, 0.2) is 0 Å². The molecule has 0 bridgehead atoms. The third-order valence-electron chi connectivity index (χ3n) is 17.5. The van der Waals surface area contributed by atoms with Gasteiger partial charge in [-0.05, 0) is 51.4 Å². The molecule has 2 atom stereocenters. The molecular weight excluding hydrogens is 995 g/mol. The van der Waals surface area contributed by atoms with Crippen molar-refractivity contribution < 1.29 is 24.5 Å². The van der Waals surface area contributed by atoms with Gasteiger partial charge in [-0.15, -0.1) is 0 Å². The summed E-state index contributed by atoms with van der Waals surface area (Å²) in [6, 6.07) is -0.535. The Balaban J connectivity index is 3.27. The number of ether oxygens (including phenoxy) is 1. The van der Waals surface area contributed by atoms with Gasteiger partial charge in [0.1, 0.15) is 0 Å². The molecule has 0 aliphatic heterocycles. The number of esters is 1. The summed E-state index contributed by atoms with van der Waals surface area (Å²) in [6.07, 6.45) is 89.9. The Kier molecular flexibility index (Phi) is 69.4. The molecule has 0 radical (unpaired) electrons. The molecule has 0 spiro atoms. The molecule has 2 unspecified atom stereocenters. The van der Waals surface area contributed by atoms with E-state index in [4.69, 9.17) is 4.74 Å². The molecule has 0 saturated carbocycles. The van der Waals surface area contributed by atoms with Crippen molar-refractivity contribution in [1.29, 1.82) is 0 Å². The van der Waals surface area contributed by atoms with Crippen molar-refractivity contribution in [3.05, 3.63) is 24.3 Å². The highest BCUT2D eigenvalue weighted by Crippen LogP contribution is 2.20. The highest BCUT2D eigenvalue weighted by Gasteiger charge is 2.20. The van der Waals surface area contributed by atoms with Crippen LogP contribution in [0.1, 0.15) is 418 Å². The van der Waals surface area contributed by atoms with Crippen molar-refractivity contribution >= 4 is 11.9 Å². The van der Waals surface area contributed by atoms with Crippen molar-refractivity contribution in [3.63, 3.8) is 0 Å². The number of amides is 1. The zero-order valence-electron chi connectivity index (χ0n) is 55.0. The first-order valence-corrected chi connectivity index (χ1v) is 37.1. The zero-order valence-corrected chi connectivity index (χ0v) is 55.0. The lowest BCUT2D eigenvalue weighted by atomic mass is 10.0. The SMILES string of the molecule is CCCC/C=C\C/C=C\CCCCCCCC(=O)OCCCCCCCCCCCCCCCCCCCCCCCCCCCCCCCCCCCCCCCCCC(=O)NC(CO)C(O)CCCCCCCCCCCCC. The van der Waals surface area contributed by atoms with Gasteiger partial charge in [0.2, 0.25) is 5.91 Å². The number of nitrogens with one attached hydrogen (secondary N) is 1. The number of carbonyl (C=O) groups excluding carboxylic acids is 2. The lowest BCUT2D eigenvalue weighted by molar-refractivity contribution is -0.143. The molecule has 0 aliphatic carbocycles. The predicted molar refractivity (Wildman–Crippen MR) is 356 cm³/mol. The minimum Gasteiger partial charge on any atom is -0.466 e. The summed E-state index contributed by atoms with van der Waals surface area (Å²) in [5.74, 6) is -0.0178. The Hall–Kier alpha value is -1.66. The molecular formula is C75H145NO5. The second-order valence-corrected chi connectivity index (χ2v) is 25.6. The van der Waals surface area contributed by atoms with E-state index in [0.29, 0.717) is 25.9 Å². The summed E-state index contributed by atoms with van der Waals surface area (Å²) in [7, 11) is 0. The van der Waals surface area contributed by atoms with Gasteiger partial charge in [-0.1, -0.05) is 378 Å². The van der Waals surface area contributed by atoms with Crippen molar-refractivity contribution in [3.8, 4) is 0 Å². The average Bonchev–Trinajstić information content (AvgIpc) is 3.47. The molecule has 480 valence electrons. The first kappa shape index (κ1) is 79.3. The Morgan fingerprint density at radius 3 is 0.975 bits per heavy atom. The maximum absolute atomic E-state index is 12.5. The molecule has 0 aromatic carbocycles. The van der Waals surface area contributed by atoms with Crippen LogP contribution in [0.5, 0.6) is 0 Å². The molecule has 81 heavy (non-hydrogen) atoms. The van der Waals surface area contributed by atoms with Gasteiger partial charge >= 0.3 is 5.97 Å². The van der Waals surface area contributed by atoms with E-state index in [9.17, 15) is 19.8 Å². The second kappa shape index (κ2) is 70.8. The highest BCUT2D eigenvalue weighted by atomic mass is 16.5. The van der Waals surface area contributed by atoms with E-state index in [1.807, 2.05) is 0 Å². The van der Waals surface area contributed by atoms with E-state index < -0.39 is 12.1 Å². The van der Waals surface area contributed by atoms with Gasteiger partial charge in [0.05, 0.1) is 25.4 Å². The van der Waals surface area contributed by atoms with E-state index in [1.54, 1.807) is 0 Å². The smallest absolute Gasteiger partial charge is 0.305 e. The number of unbranched alkanes of at least 4 members (excludes halogenated alkanes) is 55. The lowest BCUT2D eigenvalue weighted by Gasteiger charge is -2.22. The number of aliphatic hydroxyl groups is 2. The molecule has 3 N–H and O–H groups in total. The third-order valence-corrected chi connectivity index (χ3v) is 17.5. The van der Waals surface area contributed by atoms with Gasteiger partial charge in [-0.3, -0.25) is 9.59 Å². The lowest BCUT2D eigenvalue weighted by Crippen LogP contribution is -2.45. The first-order chi connectivity index (χ1) is 40.0. The Morgan fingerprint density at radius 2 is 0.630 bits per heavy atom. The fourth-order valence-corrected chi connectivity index (χ4v) is 11.8. The maximum atomic E-state index is 12.5. The van der Waals surface area contributed by atoms with Crippen LogP contribution >= 0.6 is 0 Å². The van der Waals surface area contributed by atoms with Crippen molar-refractivity contribution in [1.82, 2.24) is 5.32 Å². The van der Waals surface area contributed by atoms with Crippen LogP contribution in [0.15, 0.2) is 24.3 Å². The average molecular weight is 1140 g/mol. The van der Waals surface area contributed by atoms with Crippen LogP contribution < -0.4 is 5.32 Å². The minimum absolute atomic E-state index is 0.00982. The molecule has 0 rings (SSSR count). The van der Waals surface area contributed by atoms with Crippen LogP contribution in [0.4, 0.5) is 0 Å². The number of rotatable bonds is 70. The molecule has 6 nitrogen and oxygen atoms in total. The van der Waals surface area contributed by atoms with E-state index in [2.05, 4.69) is 43.5 Å². The quantitative estimate of drug-likeness (QED) is 0.0320. The van der Waals surface area contributed by atoms with Crippen molar-refractivity contribution in [2.24, 2.45) is 0 Å². The van der Waals surface area contributed by atoms with Crippen molar-refractivity contribution in [2.45, 2.75) is 431 Å². The highest BCUT2D eigenvalue weighted by molar-refractivity contribution is 5.76. The van der Waals surface area contributed by atoms with Crippen LogP contribution in [-0.2, 0) is 14.3 Å². The topological polar surface area (TPSA) is 95.9 Å². The molecule has 1 amide bonds. The number of hydrogen-bond donors (Lipinski definition) is 3. The third kappa shape index (κ3) is 67.3. The first-order valence-electron chi connectivity index (χ1n) is 37.1. The second-order valence-electron chi connectivity index (χ2n) is 25.6. The van der Waals surface area contributed by atoms with Gasteiger partial charge < -0.3 is 20.3 Å². The van der Waals surface area contributed by atoms with E-state index in [-0.39, 0.29) is 18.5 Å². The summed E-state index contributed by atoms with van der Waals surface area (Å²) >= 11 is 0. The van der Waals surface area contributed by atoms with Crippen LogP contribution in [0.3, 0.4) is 0 Å². The van der Waals surface area contributed by atoms with Crippen LogP contribution in [0.25, 0.3) is 0 Å². The Labute approximate surface area is 507 Å². The molecule has 0 saturated heterocycles. The number of allylic oxidation sites excluding steroid dienone is 4. The number of aliphatic hydroxyl groups excluding tert-OH is 2. The van der Waals surface area contributed by atoms with Crippen LogP contribution in [0.2, 0.25) is 0 Å². The Bertz CT molecular complexity index is 1270. The molecule has 0 aliphatic rings. The van der Waals surface area contributed by atoms with Gasteiger partial charge in [-0.2, -0.15) is 0 Å². The number of carbonyl (C=O) groups is 2. The zero-order chi connectivity index (χ0) is 58.5. The summed E-state index contributed by atoms with van der Waals surface area (Å²) in [5, 5.41) is 23.2. The normalized spacial score (nSPS) is 12.6. The summed E-state index contributed by atoms with van der Waals surface area (Å²) in [6.45, 7) is 4.93. The van der Waals surface area contributed by atoms with Gasteiger partial charge in [-0.25, -0.2) is 0 Å². The van der Waals surface area contributed by atoms with Gasteiger partial charge in [0, 0.05) is 12.8 Å². The monoisotopic (exact) mass is 1140 g/mol. The minimum atomic E-state index is -0.658. The van der Waals surface area contributed by atoms with Crippen LogP contribution in [-0.4, -0.2) is 47.4 Å². The van der Waals surface area contributed by atoms with Crippen molar-refractivity contribution in [2.75, 3.05) is 13.2 Å². The van der Waals surface area contributed by atoms with E-state index >= 15 is 0 Å². The van der Waals surface area contributed by atoms with Gasteiger partial charge in [0.25, 0.3) is 0 Å². The predicted octanol–water partition coefficient (Wildman–Crippen LogP) is 24.1. The van der Waals surface area contributed by atoms with E-state index in [1.165, 1.54) is 334 Å². The molecule has 0 aromatic rings. The fraction of sp³-hybridized carbons (Fsp3) is 0.920. The fourth-order valence-electron chi connectivity index (χ4n) is 11.8. The molecule has 6 heteroatoms. The van der Waals surface area contributed by atoms with E-state index in [0.717, 1.165) is 51.4 Å². The standard InChI is InChI=1S/C75H145NO5/c1-3-5-7-9-11-13-15-16-45-49-53-57-61-65-69-75(80)81-70-66-62-58-54-50-46-43-41-39-37-35-33-31-29-27-25-23-21-19-17-18-20-22-24-26-28-30-32-34-36-38-40-42-44-48-52-56-60-64-68-74(79)76-72(71-77)73(78)67-63-59-55-51-47-14-12-10-8-6-4-2/h9,11,15-16,72-73,77-78H,3-8,10,12-14,17-71H2,1-2H3,(H,76,79)/b11-9-,16-15-. The summed E-state index contributed by atoms with van der Waals surface area (Å²) < 4.78 is 5.49. The molecule has 0 fully saturated rings. The molecule has 0 aromatic heterocycles. The molecule has 0 heterocycles. The Morgan fingerprint density at radius 1 is 0.346 bits per heavy atom. The number of hydrogen-bond acceptors (Lipinski definition) is 5. The largest absolute Gasteiger partial charge is 0.466 e. The maximum Gasteiger partial charge on any atom is 0.305 e. The van der Waals surface area contributed by atoms with Crippen LogP contribution in [0, 0.1) is 0 Å². The summed E-state index contributed by atoms with van der Waals surface area (Å²) in [5.41, 5.74) is 0.